The Bertz CT molecular complexity index is 719. The standard InChI is InChI=1S/C23H32O7/c1-15-3-2-4-18(9-15)29-13-17(24)6-8-19-20-7-5-16(11-28-14-23(26)27)12-30-22(20)10-21(19)25/h2-4,6,8-9,16-17,19-22,24-25H,5,7,10-14H2,1H3,(H,26,27)/b8-6+/t16-,17-,19-,20-,21-,22+/m1/s1. The summed E-state index contributed by atoms with van der Waals surface area (Å²) >= 11 is 0. The summed E-state index contributed by atoms with van der Waals surface area (Å²) in [5.41, 5.74) is 1.10. The first kappa shape index (κ1) is 22.7. The molecule has 1 aliphatic heterocycles. The Hall–Kier alpha value is -1.93. The molecule has 1 saturated heterocycles. The third kappa shape index (κ3) is 6.54. The molecule has 166 valence electrons. The SMILES string of the molecule is Cc1cccc(OC[C@H](O)/C=C/[C@@H]2[C@H]3CC[C@H](COCC(=O)O)CO[C@H]3C[C@H]2O)c1. The van der Waals surface area contributed by atoms with Gasteiger partial charge < -0.3 is 29.5 Å². The smallest absolute Gasteiger partial charge is 0.329 e. The molecule has 1 aliphatic carbocycles. The van der Waals surface area contributed by atoms with Crippen LogP contribution in [0.15, 0.2) is 36.4 Å². The van der Waals surface area contributed by atoms with Gasteiger partial charge in [-0.05, 0) is 43.4 Å². The van der Waals surface area contributed by atoms with Gasteiger partial charge in [0.05, 0.1) is 25.4 Å². The number of aryl methyl sites for hydroxylation is 1. The van der Waals surface area contributed by atoms with Crippen LogP contribution in [0, 0.1) is 24.7 Å². The molecule has 0 unspecified atom stereocenters. The number of carbonyl (C=O) groups is 1. The second kappa shape index (κ2) is 10.9. The molecular formula is C23H32O7. The van der Waals surface area contributed by atoms with E-state index in [4.69, 9.17) is 19.3 Å². The van der Waals surface area contributed by atoms with E-state index < -0.39 is 18.2 Å². The van der Waals surface area contributed by atoms with Gasteiger partial charge >= 0.3 is 5.97 Å². The molecule has 1 heterocycles. The lowest BCUT2D eigenvalue weighted by atomic mass is 9.87. The minimum atomic E-state index is -0.973. The number of rotatable bonds is 9. The number of aliphatic hydroxyl groups excluding tert-OH is 2. The van der Waals surface area contributed by atoms with Crippen molar-refractivity contribution in [1.29, 1.82) is 0 Å². The first-order chi connectivity index (χ1) is 14.4. The summed E-state index contributed by atoms with van der Waals surface area (Å²) < 4.78 is 16.9. The zero-order valence-corrected chi connectivity index (χ0v) is 17.4. The van der Waals surface area contributed by atoms with Crippen LogP contribution in [-0.2, 0) is 14.3 Å². The Labute approximate surface area is 177 Å². The average molecular weight is 421 g/mol. The van der Waals surface area contributed by atoms with Crippen molar-refractivity contribution in [2.24, 2.45) is 17.8 Å². The highest BCUT2D eigenvalue weighted by atomic mass is 16.5. The lowest BCUT2D eigenvalue weighted by molar-refractivity contribution is -0.143. The highest BCUT2D eigenvalue weighted by Gasteiger charge is 2.43. The number of aliphatic carboxylic acids is 1. The van der Waals surface area contributed by atoms with Crippen molar-refractivity contribution in [3.05, 3.63) is 42.0 Å². The number of hydrogen-bond acceptors (Lipinski definition) is 6. The maximum Gasteiger partial charge on any atom is 0.329 e. The summed E-state index contributed by atoms with van der Waals surface area (Å²) in [6, 6.07) is 7.67. The van der Waals surface area contributed by atoms with Crippen molar-refractivity contribution >= 4 is 5.97 Å². The van der Waals surface area contributed by atoms with Crippen LogP contribution in [0.2, 0.25) is 0 Å². The topological polar surface area (TPSA) is 105 Å². The van der Waals surface area contributed by atoms with Crippen molar-refractivity contribution in [1.82, 2.24) is 0 Å². The van der Waals surface area contributed by atoms with E-state index in [9.17, 15) is 15.0 Å². The molecule has 0 bridgehead atoms. The zero-order chi connectivity index (χ0) is 21.5. The van der Waals surface area contributed by atoms with Crippen molar-refractivity contribution in [3.8, 4) is 5.75 Å². The van der Waals surface area contributed by atoms with E-state index in [0.717, 1.165) is 24.2 Å². The number of aliphatic hydroxyl groups is 2. The Kier molecular flexibility index (Phi) is 8.27. The van der Waals surface area contributed by atoms with Crippen molar-refractivity contribution in [2.45, 2.75) is 44.5 Å². The molecule has 30 heavy (non-hydrogen) atoms. The molecule has 0 radical (unpaired) electrons. The van der Waals surface area contributed by atoms with E-state index in [0.29, 0.717) is 19.6 Å². The molecule has 2 fully saturated rings. The summed E-state index contributed by atoms with van der Waals surface area (Å²) in [7, 11) is 0. The molecule has 0 aromatic heterocycles. The predicted octanol–water partition coefficient (Wildman–Crippen LogP) is 2.18. The minimum Gasteiger partial charge on any atom is -0.491 e. The lowest BCUT2D eigenvalue weighted by Gasteiger charge is -2.21. The van der Waals surface area contributed by atoms with Crippen LogP contribution in [0.3, 0.4) is 0 Å². The van der Waals surface area contributed by atoms with E-state index in [1.807, 2.05) is 37.3 Å². The highest BCUT2D eigenvalue weighted by Crippen LogP contribution is 2.41. The van der Waals surface area contributed by atoms with E-state index in [-0.39, 0.29) is 37.1 Å². The fraction of sp³-hybridized carbons (Fsp3) is 0.609. The number of ether oxygens (including phenoxy) is 3. The first-order valence-corrected chi connectivity index (χ1v) is 10.6. The lowest BCUT2D eigenvalue weighted by Crippen LogP contribution is -2.22. The third-order valence-electron chi connectivity index (χ3n) is 5.89. The van der Waals surface area contributed by atoms with Crippen LogP contribution >= 0.6 is 0 Å². The number of carboxylic acid groups (broad SMARTS) is 1. The molecule has 6 atom stereocenters. The maximum atomic E-state index is 10.6. The zero-order valence-electron chi connectivity index (χ0n) is 17.4. The fourth-order valence-electron chi connectivity index (χ4n) is 4.36. The largest absolute Gasteiger partial charge is 0.491 e. The first-order valence-electron chi connectivity index (χ1n) is 10.6. The molecular weight excluding hydrogens is 388 g/mol. The third-order valence-corrected chi connectivity index (χ3v) is 5.89. The number of carboxylic acids is 1. The molecule has 1 aromatic carbocycles. The normalized spacial score (nSPS) is 30.0. The summed E-state index contributed by atoms with van der Waals surface area (Å²) in [5.74, 6) is -0.00521. The Morgan fingerprint density at radius 3 is 2.97 bits per heavy atom. The molecule has 1 saturated carbocycles. The van der Waals surface area contributed by atoms with Crippen LogP contribution in [0.25, 0.3) is 0 Å². The van der Waals surface area contributed by atoms with Gasteiger partial charge in [0.2, 0.25) is 0 Å². The van der Waals surface area contributed by atoms with Crippen LogP contribution in [0.1, 0.15) is 24.8 Å². The molecule has 0 spiro atoms. The van der Waals surface area contributed by atoms with Gasteiger partial charge in [0.15, 0.2) is 0 Å². The number of benzene rings is 1. The average Bonchev–Trinajstić information content (AvgIpc) is 2.86. The van der Waals surface area contributed by atoms with Crippen LogP contribution in [-0.4, -0.2) is 66.0 Å². The van der Waals surface area contributed by atoms with Gasteiger partial charge in [-0.25, -0.2) is 4.79 Å². The molecule has 0 amide bonds. The Morgan fingerprint density at radius 2 is 2.20 bits per heavy atom. The van der Waals surface area contributed by atoms with E-state index in [1.165, 1.54) is 0 Å². The highest BCUT2D eigenvalue weighted by molar-refractivity contribution is 5.67. The molecule has 3 N–H and O–H groups in total. The molecule has 7 nitrogen and oxygen atoms in total. The van der Waals surface area contributed by atoms with Crippen molar-refractivity contribution in [3.63, 3.8) is 0 Å². The Morgan fingerprint density at radius 1 is 1.37 bits per heavy atom. The minimum absolute atomic E-state index is 0.0280. The molecule has 1 aromatic rings. The number of hydrogen-bond donors (Lipinski definition) is 3. The van der Waals surface area contributed by atoms with Gasteiger partial charge in [-0.1, -0.05) is 24.3 Å². The van der Waals surface area contributed by atoms with Gasteiger partial charge in [0.25, 0.3) is 0 Å². The van der Waals surface area contributed by atoms with Gasteiger partial charge in [-0.2, -0.15) is 0 Å². The van der Waals surface area contributed by atoms with Gasteiger partial charge in [-0.3, -0.25) is 0 Å². The summed E-state index contributed by atoms with van der Waals surface area (Å²) in [6.45, 7) is 2.71. The second-order valence-electron chi connectivity index (χ2n) is 8.35. The van der Waals surface area contributed by atoms with Gasteiger partial charge in [0.1, 0.15) is 25.1 Å². The Balaban J connectivity index is 1.49. The predicted molar refractivity (Wildman–Crippen MR) is 110 cm³/mol. The van der Waals surface area contributed by atoms with E-state index >= 15 is 0 Å². The summed E-state index contributed by atoms with van der Waals surface area (Å²) in [6.07, 6.45) is 4.60. The maximum absolute atomic E-state index is 10.6. The summed E-state index contributed by atoms with van der Waals surface area (Å²) in [4.78, 5) is 10.6. The van der Waals surface area contributed by atoms with Crippen molar-refractivity contribution < 1.29 is 34.3 Å². The van der Waals surface area contributed by atoms with E-state index in [1.54, 1.807) is 6.08 Å². The van der Waals surface area contributed by atoms with E-state index in [2.05, 4.69) is 0 Å². The number of fused-ring (bicyclic) bond motifs is 1. The van der Waals surface area contributed by atoms with Crippen LogP contribution in [0.5, 0.6) is 5.75 Å². The van der Waals surface area contributed by atoms with Crippen LogP contribution in [0.4, 0.5) is 0 Å². The second-order valence-corrected chi connectivity index (χ2v) is 8.35. The quantitative estimate of drug-likeness (QED) is 0.526. The fourth-order valence-corrected chi connectivity index (χ4v) is 4.36. The monoisotopic (exact) mass is 420 g/mol. The van der Waals surface area contributed by atoms with Crippen molar-refractivity contribution in [2.75, 3.05) is 26.4 Å². The van der Waals surface area contributed by atoms with Gasteiger partial charge in [-0.15, -0.1) is 0 Å². The molecule has 3 rings (SSSR count). The van der Waals surface area contributed by atoms with Crippen LogP contribution < -0.4 is 4.74 Å². The molecule has 2 aliphatic rings. The summed E-state index contributed by atoms with van der Waals surface area (Å²) in [5, 5.41) is 29.5. The molecule has 7 heteroatoms. The van der Waals surface area contributed by atoms with Gasteiger partial charge in [0, 0.05) is 18.3 Å².